The molecule has 1 saturated heterocycles. The number of carbonyl (C=O) groups excluding carboxylic acids is 2. The van der Waals surface area contributed by atoms with E-state index < -0.39 is 0 Å². The van der Waals surface area contributed by atoms with Crippen molar-refractivity contribution in [3.63, 3.8) is 0 Å². The van der Waals surface area contributed by atoms with Gasteiger partial charge in [0, 0.05) is 46.2 Å². The quantitative estimate of drug-likeness (QED) is 0.684. The fraction of sp³-hybridized carbons (Fsp3) is 0.714. The Bertz CT molecular complexity index is 347. The first kappa shape index (κ1) is 15.7. The minimum atomic E-state index is 0.114. The molecule has 0 saturated carbocycles. The lowest BCUT2D eigenvalue weighted by Crippen LogP contribution is -2.51. The lowest BCUT2D eigenvalue weighted by atomic mass is 10.2. The Morgan fingerprint density at radius 3 is 2.16 bits per heavy atom. The molecule has 0 aromatic carbocycles. The number of rotatable bonds is 5. The number of hydrogen-bond acceptors (Lipinski definition) is 3. The van der Waals surface area contributed by atoms with Crippen LogP contribution in [0.15, 0.2) is 12.2 Å². The fourth-order valence-corrected chi connectivity index (χ4v) is 2.21. The highest BCUT2D eigenvalue weighted by atomic mass is 16.2. The molecule has 0 unspecified atom stereocenters. The SMILES string of the molecule is C=C(C)CN(CC)C(=O)CN1CCN(C(C)=O)CC1. The third-order valence-corrected chi connectivity index (χ3v) is 3.37. The Labute approximate surface area is 115 Å². The van der Waals surface area contributed by atoms with Gasteiger partial charge in [-0.1, -0.05) is 12.2 Å². The lowest BCUT2D eigenvalue weighted by Gasteiger charge is -2.34. The Morgan fingerprint density at radius 1 is 1.16 bits per heavy atom. The van der Waals surface area contributed by atoms with Gasteiger partial charge in [-0.3, -0.25) is 14.5 Å². The summed E-state index contributed by atoms with van der Waals surface area (Å²) in [5.41, 5.74) is 0.997. The van der Waals surface area contributed by atoms with E-state index in [2.05, 4.69) is 11.5 Å². The minimum Gasteiger partial charge on any atom is -0.340 e. The number of likely N-dealkylation sites (N-methyl/N-ethyl adjacent to an activating group) is 1. The molecule has 0 atom stereocenters. The summed E-state index contributed by atoms with van der Waals surface area (Å²) in [4.78, 5) is 29.1. The topological polar surface area (TPSA) is 43.9 Å². The summed E-state index contributed by atoms with van der Waals surface area (Å²) in [5.74, 6) is 0.255. The van der Waals surface area contributed by atoms with E-state index in [0.717, 1.165) is 31.8 Å². The van der Waals surface area contributed by atoms with E-state index in [9.17, 15) is 9.59 Å². The molecular weight excluding hydrogens is 242 g/mol. The standard InChI is InChI=1S/C14H25N3O2/c1-5-16(10-12(2)3)14(19)11-15-6-8-17(9-7-15)13(4)18/h2,5-11H2,1,3-4H3. The molecule has 0 spiro atoms. The van der Waals surface area contributed by atoms with Gasteiger partial charge < -0.3 is 9.80 Å². The molecule has 0 aliphatic carbocycles. The second kappa shape index (κ2) is 7.28. The van der Waals surface area contributed by atoms with E-state index in [1.165, 1.54) is 0 Å². The van der Waals surface area contributed by atoms with E-state index in [0.29, 0.717) is 19.6 Å². The van der Waals surface area contributed by atoms with Crippen LogP contribution in [-0.2, 0) is 9.59 Å². The minimum absolute atomic E-state index is 0.114. The lowest BCUT2D eigenvalue weighted by molar-refractivity contribution is -0.133. The van der Waals surface area contributed by atoms with Crippen LogP contribution >= 0.6 is 0 Å². The van der Waals surface area contributed by atoms with Gasteiger partial charge in [-0.15, -0.1) is 0 Å². The number of nitrogens with zero attached hydrogens (tertiary/aromatic N) is 3. The predicted octanol–water partition coefficient (Wildman–Crippen LogP) is 0.575. The van der Waals surface area contributed by atoms with Crippen LogP contribution in [-0.4, -0.2) is 72.3 Å². The van der Waals surface area contributed by atoms with Gasteiger partial charge in [0.25, 0.3) is 0 Å². The maximum absolute atomic E-state index is 12.2. The average molecular weight is 267 g/mol. The van der Waals surface area contributed by atoms with Crippen molar-refractivity contribution in [2.24, 2.45) is 0 Å². The van der Waals surface area contributed by atoms with Crippen LogP contribution < -0.4 is 0 Å². The van der Waals surface area contributed by atoms with Crippen LogP contribution in [0.2, 0.25) is 0 Å². The summed E-state index contributed by atoms with van der Waals surface area (Å²) in [5, 5.41) is 0. The van der Waals surface area contributed by atoms with Crippen molar-refractivity contribution in [3.8, 4) is 0 Å². The van der Waals surface area contributed by atoms with E-state index in [1.807, 2.05) is 23.6 Å². The molecule has 0 N–H and O–H groups in total. The van der Waals surface area contributed by atoms with E-state index in [1.54, 1.807) is 6.92 Å². The summed E-state index contributed by atoms with van der Waals surface area (Å²) < 4.78 is 0. The average Bonchev–Trinajstić information content (AvgIpc) is 2.36. The smallest absolute Gasteiger partial charge is 0.237 e. The monoisotopic (exact) mass is 267 g/mol. The van der Waals surface area contributed by atoms with Crippen molar-refractivity contribution in [2.75, 3.05) is 45.8 Å². The third kappa shape index (κ3) is 5.03. The van der Waals surface area contributed by atoms with Gasteiger partial charge in [-0.05, 0) is 13.8 Å². The molecule has 0 aromatic rings. The predicted molar refractivity (Wildman–Crippen MR) is 75.8 cm³/mol. The van der Waals surface area contributed by atoms with Crippen LogP contribution in [0.5, 0.6) is 0 Å². The van der Waals surface area contributed by atoms with E-state index >= 15 is 0 Å². The molecule has 1 fully saturated rings. The molecule has 19 heavy (non-hydrogen) atoms. The second-order valence-electron chi connectivity index (χ2n) is 5.15. The van der Waals surface area contributed by atoms with Gasteiger partial charge in [-0.25, -0.2) is 0 Å². The normalized spacial score (nSPS) is 16.3. The Morgan fingerprint density at radius 2 is 1.74 bits per heavy atom. The maximum Gasteiger partial charge on any atom is 0.237 e. The van der Waals surface area contributed by atoms with E-state index in [4.69, 9.17) is 0 Å². The molecule has 1 rings (SSSR count). The van der Waals surface area contributed by atoms with Crippen LogP contribution in [0.4, 0.5) is 0 Å². The molecule has 1 heterocycles. The molecule has 1 aliphatic rings. The first-order valence-electron chi connectivity index (χ1n) is 6.84. The summed E-state index contributed by atoms with van der Waals surface area (Å²) in [7, 11) is 0. The Balaban J connectivity index is 2.41. The molecule has 5 nitrogen and oxygen atoms in total. The number of amides is 2. The number of piperazine rings is 1. The van der Waals surface area contributed by atoms with Crippen LogP contribution in [0, 0.1) is 0 Å². The maximum atomic E-state index is 12.2. The molecule has 0 radical (unpaired) electrons. The van der Waals surface area contributed by atoms with Crippen molar-refractivity contribution in [1.29, 1.82) is 0 Å². The fourth-order valence-electron chi connectivity index (χ4n) is 2.21. The van der Waals surface area contributed by atoms with Gasteiger partial charge in [0.2, 0.25) is 11.8 Å². The molecular formula is C14H25N3O2. The highest BCUT2D eigenvalue weighted by Crippen LogP contribution is 2.04. The van der Waals surface area contributed by atoms with Crippen molar-refractivity contribution in [2.45, 2.75) is 20.8 Å². The summed E-state index contributed by atoms with van der Waals surface area (Å²) >= 11 is 0. The van der Waals surface area contributed by atoms with Crippen molar-refractivity contribution < 1.29 is 9.59 Å². The molecule has 0 aromatic heterocycles. The summed E-state index contributed by atoms with van der Waals surface area (Å²) in [6.45, 7) is 14.1. The van der Waals surface area contributed by atoms with Gasteiger partial charge in [0.1, 0.15) is 0 Å². The zero-order valence-corrected chi connectivity index (χ0v) is 12.3. The van der Waals surface area contributed by atoms with Gasteiger partial charge >= 0.3 is 0 Å². The molecule has 2 amide bonds. The second-order valence-corrected chi connectivity index (χ2v) is 5.15. The molecule has 5 heteroatoms. The van der Waals surface area contributed by atoms with E-state index in [-0.39, 0.29) is 11.8 Å². The highest BCUT2D eigenvalue weighted by molar-refractivity contribution is 5.78. The van der Waals surface area contributed by atoms with Crippen LogP contribution in [0.25, 0.3) is 0 Å². The van der Waals surface area contributed by atoms with Crippen molar-refractivity contribution in [1.82, 2.24) is 14.7 Å². The first-order valence-corrected chi connectivity index (χ1v) is 6.84. The Kier molecular flexibility index (Phi) is 6.02. The Hall–Kier alpha value is -1.36. The van der Waals surface area contributed by atoms with Crippen molar-refractivity contribution in [3.05, 3.63) is 12.2 Å². The highest BCUT2D eigenvalue weighted by Gasteiger charge is 2.22. The van der Waals surface area contributed by atoms with Gasteiger partial charge in [0.05, 0.1) is 6.54 Å². The zero-order chi connectivity index (χ0) is 14.4. The molecule has 0 bridgehead atoms. The molecule has 108 valence electrons. The summed E-state index contributed by atoms with van der Waals surface area (Å²) in [6.07, 6.45) is 0. The first-order chi connectivity index (χ1) is 8.93. The number of carbonyl (C=O) groups is 2. The molecule has 1 aliphatic heterocycles. The van der Waals surface area contributed by atoms with Crippen LogP contribution in [0.1, 0.15) is 20.8 Å². The zero-order valence-electron chi connectivity index (χ0n) is 12.3. The van der Waals surface area contributed by atoms with Gasteiger partial charge in [-0.2, -0.15) is 0 Å². The van der Waals surface area contributed by atoms with Gasteiger partial charge in [0.15, 0.2) is 0 Å². The summed E-state index contributed by atoms with van der Waals surface area (Å²) in [6, 6.07) is 0. The third-order valence-electron chi connectivity index (χ3n) is 3.37. The van der Waals surface area contributed by atoms with Crippen molar-refractivity contribution >= 4 is 11.8 Å². The number of hydrogen-bond donors (Lipinski definition) is 0. The largest absolute Gasteiger partial charge is 0.340 e. The van der Waals surface area contributed by atoms with Crippen LogP contribution in [0.3, 0.4) is 0 Å².